The molecule has 0 fully saturated rings. The second kappa shape index (κ2) is 8.90. The van der Waals surface area contributed by atoms with Crippen LogP contribution in [0.15, 0.2) is 30.3 Å². The summed E-state index contributed by atoms with van der Waals surface area (Å²) >= 11 is 0. The monoisotopic (exact) mass is 439 g/mol. The van der Waals surface area contributed by atoms with Gasteiger partial charge in [0.15, 0.2) is 6.73 Å². The summed E-state index contributed by atoms with van der Waals surface area (Å²) in [7, 11) is 0. The number of amides is 2. The Morgan fingerprint density at radius 2 is 1.91 bits per heavy atom. The maximum absolute atomic E-state index is 13.2. The first-order valence-electron chi connectivity index (χ1n) is 10.4. The molecule has 2 amide bonds. The molecule has 8 heteroatoms. The van der Waals surface area contributed by atoms with Gasteiger partial charge in [-0.25, -0.2) is 9.59 Å². The van der Waals surface area contributed by atoms with Crippen LogP contribution >= 0.6 is 0 Å². The fraction of sp³-hybridized carbons (Fsp3) is 0.375. The van der Waals surface area contributed by atoms with Crippen LogP contribution in [0.5, 0.6) is 0 Å². The second-order valence-electron chi connectivity index (χ2n) is 8.82. The summed E-state index contributed by atoms with van der Waals surface area (Å²) in [5, 5.41) is 2.44. The van der Waals surface area contributed by atoms with Crippen molar-refractivity contribution >= 4 is 35.3 Å². The number of fused-ring (bicyclic) bond motifs is 1. The van der Waals surface area contributed by atoms with Crippen molar-refractivity contribution in [1.29, 1.82) is 0 Å². The van der Waals surface area contributed by atoms with E-state index in [2.05, 4.69) is 10.3 Å². The average Bonchev–Trinajstić information content (AvgIpc) is 3.14. The molecule has 170 valence electrons. The first-order valence-corrected chi connectivity index (χ1v) is 10.4. The lowest BCUT2D eigenvalue weighted by Gasteiger charge is -2.22. The highest BCUT2D eigenvalue weighted by molar-refractivity contribution is 6.35. The average molecular weight is 440 g/mol. The molecule has 1 atom stereocenters. The number of para-hydroxylation sites is 1. The number of nitrogens with zero attached hydrogens (tertiary/aromatic N) is 1. The first-order chi connectivity index (χ1) is 15.0. The van der Waals surface area contributed by atoms with E-state index in [0.29, 0.717) is 11.3 Å². The Labute approximate surface area is 187 Å². The molecule has 1 aromatic heterocycles. The van der Waals surface area contributed by atoms with E-state index in [1.165, 1.54) is 11.8 Å². The van der Waals surface area contributed by atoms with Crippen LogP contribution in [0.4, 0.5) is 10.5 Å². The summed E-state index contributed by atoms with van der Waals surface area (Å²) in [6, 6.07) is 8.42. The van der Waals surface area contributed by atoms with Gasteiger partial charge < -0.3 is 19.8 Å². The predicted octanol–water partition coefficient (Wildman–Crippen LogP) is 3.93. The number of aromatic nitrogens is 1. The minimum Gasteiger partial charge on any atom is -0.444 e. The number of carbonyl (C=O) groups is 3. The van der Waals surface area contributed by atoms with Gasteiger partial charge in [-0.1, -0.05) is 18.2 Å². The van der Waals surface area contributed by atoms with Crippen molar-refractivity contribution in [2.45, 2.75) is 53.2 Å². The van der Waals surface area contributed by atoms with E-state index in [1.54, 1.807) is 26.8 Å². The van der Waals surface area contributed by atoms with Crippen LogP contribution in [-0.4, -0.2) is 41.3 Å². The lowest BCUT2D eigenvalue weighted by molar-refractivity contribution is -0.145. The highest BCUT2D eigenvalue weighted by Gasteiger charge is 2.33. The van der Waals surface area contributed by atoms with E-state index in [9.17, 15) is 14.4 Å². The van der Waals surface area contributed by atoms with Crippen LogP contribution in [0.1, 0.15) is 50.2 Å². The molecule has 1 aromatic carbocycles. The van der Waals surface area contributed by atoms with E-state index in [4.69, 9.17) is 9.47 Å². The Bertz CT molecular complexity index is 1080. The van der Waals surface area contributed by atoms with Crippen molar-refractivity contribution < 1.29 is 23.9 Å². The van der Waals surface area contributed by atoms with Crippen LogP contribution in [-0.2, 0) is 19.1 Å². The number of rotatable bonds is 5. The second-order valence-corrected chi connectivity index (χ2v) is 8.82. The molecule has 3 rings (SSSR count). The summed E-state index contributed by atoms with van der Waals surface area (Å²) in [5.74, 6) is -0.937. The third kappa shape index (κ3) is 5.19. The SMILES string of the molecule is Cc1cc(C)c(/C=C2\C(=O)N(COC(=O)C(C)NC(=O)OC(C)(C)C)c3ccccc32)[nH]1. The molecule has 0 saturated heterocycles. The molecular weight excluding hydrogens is 410 g/mol. The minimum atomic E-state index is -0.933. The normalized spacial score (nSPS) is 15.5. The molecule has 0 spiro atoms. The molecule has 0 aliphatic carbocycles. The largest absolute Gasteiger partial charge is 0.444 e. The number of hydrogen-bond donors (Lipinski definition) is 2. The fourth-order valence-electron chi connectivity index (χ4n) is 3.41. The van der Waals surface area contributed by atoms with E-state index in [1.807, 2.05) is 44.2 Å². The topological polar surface area (TPSA) is 101 Å². The van der Waals surface area contributed by atoms with Gasteiger partial charge in [0, 0.05) is 17.0 Å². The Balaban J connectivity index is 1.72. The Hall–Kier alpha value is -3.55. The van der Waals surface area contributed by atoms with Crippen molar-refractivity contribution in [3.8, 4) is 0 Å². The predicted molar refractivity (Wildman–Crippen MR) is 122 cm³/mol. The molecule has 0 bridgehead atoms. The maximum Gasteiger partial charge on any atom is 0.408 e. The van der Waals surface area contributed by atoms with Crippen molar-refractivity contribution in [2.24, 2.45) is 0 Å². The minimum absolute atomic E-state index is 0.265. The van der Waals surface area contributed by atoms with E-state index in [0.717, 1.165) is 22.5 Å². The van der Waals surface area contributed by atoms with Gasteiger partial charge in [-0.05, 0) is 65.3 Å². The van der Waals surface area contributed by atoms with Crippen LogP contribution in [0.2, 0.25) is 0 Å². The highest BCUT2D eigenvalue weighted by Crippen LogP contribution is 2.37. The number of ether oxygens (including phenoxy) is 2. The lowest BCUT2D eigenvalue weighted by atomic mass is 10.1. The van der Waals surface area contributed by atoms with Crippen molar-refractivity contribution in [3.05, 3.63) is 52.8 Å². The summed E-state index contributed by atoms with van der Waals surface area (Å²) < 4.78 is 10.5. The Kier molecular flexibility index (Phi) is 6.43. The molecule has 1 aliphatic rings. The van der Waals surface area contributed by atoms with Crippen LogP contribution in [0.3, 0.4) is 0 Å². The Morgan fingerprint density at radius 1 is 1.22 bits per heavy atom. The van der Waals surface area contributed by atoms with Gasteiger partial charge in [0.2, 0.25) is 0 Å². The molecule has 8 nitrogen and oxygen atoms in total. The van der Waals surface area contributed by atoms with Gasteiger partial charge in [-0.3, -0.25) is 9.69 Å². The standard InChI is InChI=1S/C24H29N3O5/c1-14-11-15(2)25-19(14)12-18-17-9-7-8-10-20(17)27(21(18)28)13-31-22(29)16(3)26-23(30)32-24(4,5)6/h7-12,16,25H,13H2,1-6H3,(H,26,30)/b18-12-. The van der Waals surface area contributed by atoms with E-state index in [-0.39, 0.29) is 12.6 Å². The molecule has 2 aromatic rings. The van der Waals surface area contributed by atoms with Crippen LogP contribution in [0, 0.1) is 13.8 Å². The highest BCUT2D eigenvalue weighted by atomic mass is 16.6. The number of aryl methyl sites for hydroxylation is 2. The fourth-order valence-corrected chi connectivity index (χ4v) is 3.41. The molecule has 2 heterocycles. The summed E-state index contributed by atoms with van der Waals surface area (Å²) in [6.07, 6.45) is 1.10. The molecule has 2 N–H and O–H groups in total. The van der Waals surface area contributed by atoms with Gasteiger partial charge in [0.25, 0.3) is 5.91 Å². The third-order valence-corrected chi connectivity index (χ3v) is 4.86. The maximum atomic E-state index is 13.2. The molecule has 1 aliphatic heterocycles. The molecule has 0 saturated carbocycles. The number of benzene rings is 1. The lowest BCUT2D eigenvalue weighted by Crippen LogP contribution is -2.43. The molecule has 0 radical (unpaired) electrons. The van der Waals surface area contributed by atoms with E-state index < -0.39 is 23.7 Å². The number of carbonyl (C=O) groups excluding carboxylic acids is 3. The van der Waals surface area contributed by atoms with Crippen LogP contribution in [0.25, 0.3) is 11.6 Å². The van der Waals surface area contributed by atoms with Crippen LogP contribution < -0.4 is 10.2 Å². The van der Waals surface area contributed by atoms with Crippen molar-refractivity contribution in [2.75, 3.05) is 11.6 Å². The molecule has 1 unspecified atom stereocenters. The van der Waals surface area contributed by atoms with Crippen molar-refractivity contribution in [3.63, 3.8) is 0 Å². The molecular formula is C24H29N3O5. The summed E-state index contributed by atoms with van der Waals surface area (Å²) in [4.78, 5) is 42.1. The summed E-state index contributed by atoms with van der Waals surface area (Å²) in [6.45, 7) is 10.3. The third-order valence-electron chi connectivity index (χ3n) is 4.86. The number of esters is 1. The van der Waals surface area contributed by atoms with Gasteiger partial charge in [-0.2, -0.15) is 0 Å². The Morgan fingerprint density at radius 3 is 2.53 bits per heavy atom. The number of hydrogen-bond acceptors (Lipinski definition) is 5. The summed E-state index contributed by atoms with van der Waals surface area (Å²) in [5.41, 5.74) is 4.15. The zero-order chi connectivity index (χ0) is 23.6. The quantitative estimate of drug-likeness (QED) is 0.543. The number of anilines is 1. The van der Waals surface area contributed by atoms with Crippen molar-refractivity contribution in [1.82, 2.24) is 10.3 Å². The number of nitrogens with one attached hydrogen (secondary N) is 2. The van der Waals surface area contributed by atoms with E-state index >= 15 is 0 Å². The number of aromatic amines is 1. The van der Waals surface area contributed by atoms with Gasteiger partial charge in [0.05, 0.1) is 11.3 Å². The number of H-pyrrole nitrogens is 1. The smallest absolute Gasteiger partial charge is 0.408 e. The number of alkyl carbamates (subject to hydrolysis) is 1. The first kappa shape index (κ1) is 23.1. The zero-order valence-electron chi connectivity index (χ0n) is 19.2. The van der Waals surface area contributed by atoms with Gasteiger partial charge >= 0.3 is 12.1 Å². The van der Waals surface area contributed by atoms with Gasteiger partial charge in [-0.15, -0.1) is 0 Å². The van der Waals surface area contributed by atoms with Gasteiger partial charge in [0.1, 0.15) is 11.6 Å². The zero-order valence-corrected chi connectivity index (χ0v) is 19.2. The molecule has 32 heavy (non-hydrogen) atoms.